The number of rotatable bonds is 7. The Morgan fingerprint density at radius 2 is 1.72 bits per heavy atom. The number of anilines is 1. The van der Waals surface area contributed by atoms with E-state index in [1.165, 1.54) is 31.4 Å². The van der Waals surface area contributed by atoms with Gasteiger partial charge in [0.2, 0.25) is 0 Å². The van der Waals surface area contributed by atoms with E-state index in [9.17, 15) is 13.6 Å². The van der Waals surface area contributed by atoms with E-state index in [2.05, 4.69) is 15.4 Å². The van der Waals surface area contributed by atoms with Crippen LogP contribution in [0.1, 0.15) is 5.56 Å². The zero-order valence-corrected chi connectivity index (χ0v) is 13.7. The molecule has 6 nitrogen and oxygen atoms in total. The van der Waals surface area contributed by atoms with Crippen molar-refractivity contribution in [2.24, 2.45) is 0 Å². The highest BCUT2D eigenvalue weighted by molar-refractivity contribution is 5.89. The lowest BCUT2D eigenvalue weighted by Crippen LogP contribution is -2.28. The van der Waals surface area contributed by atoms with Crippen LogP contribution >= 0.6 is 0 Å². The van der Waals surface area contributed by atoms with E-state index < -0.39 is 12.6 Å². The Kier molecular flexibility index (Phi) is 6.39. The number of hydrogen-bond donors (Lipinski definition) is 2. The first-order valence-electron chi connectivity index (χ1n) is 7.32. The fraction of sp³-hybridized carbons (Fsp3) is 0.235. The molecule has 25 heavy (non-hydrogen) atoms. The quantitative estimate of drug-likeness (QED) is 0.798. The van der Waals surface area contributed by atoms with E-state index in [1.54, 1.807) is 25.3 Å². The van der Waals surface area contributed by atoms with E-state index in [1.807, 2.05) is 0 Å². The predicted octanol–water partition coefficient (Wildman–Crippen LogP) is 3.63. The van der Waals surface area contributed by atoms with Crippen LogP contribution in [0.5, 0.6) is 17.2 Å². The number of methoxy groups -OCH3 is 2. The second-order valence-corrected chi connectivity index (χ2v) is 4.89. The van der Waals surface area contributed by atoms with Gasteiger partial charge in [0.05, 0.1) is 14.2 Å². The van der Waals surface area contributed by atoms with Gasteiger partial charge in [-0.15, -0.1) is 0 Å². The molecule has 0 heterocycles. The highest BCUT2D eigenvalue weighted by Gasteiger charge is 2.08. The van der Waals surface area contributed by atoms with Gasteiger partial charge in [-0.05, 0) is 42.5 Å². The number of hydrogen-bond acceptors (Lipinski definition) is 4. The molecular formula is C17H18F2N2O4. The number of halogens is 2. The van der Waals surface area contributed by atoms with Crippen LogP contribution in [0.25, 0.3) is 0 Å². The van der Waals surface area contributed by atoms with Crippen LogP contribution in [-0.2, 0) is 6.54 Å². The van der Waals surface area contributed by atoms with Gasteiger partial charge in [0, 0.05) is 17.8 Å². The predicted molar refractivity (Wildman–Crippen MR) is 88.5 cm³/mol. The molecule has 0 unspecified atom stereocenters. The summed E-state index contributed by atoms with van der Waals surface area (Å²) >= 11 is 0. The normalized spacial score (nSPS) is 10.3. The summed E-state index contributed by atoms with van der Waals surface area (Å²) in [5.74, 6) is 1.28. The summed E-state index contributed by atoms with van der Waals surface area (Å²) in [5, 5.41) is 5.28. The van der Waals surface area contributed by atoms with Gasteiger partial charge < -0.3 is 24.8 Å². The molecular weight excluding hydrogens is 334 g/mol. The number of alkyl halides is 2. The third-order valence-corrected chi connectivity index (χ3v) is 3.26. The van der Waals surface area contributed by atoms with Crippen LogP contribution in [0.3, 0.4) is 0 Å². The molecule has 0 spiro atoms. The molecule has 2 N–H and O–H groups in total. The van der Waals surface area contributed by atoms with Crippen LogP contribution in [0.2, 0.25) is 0 Å². The van der Waals surface area contributed by atoms with Gasteiger partial charge in [-0.3, -0.25) is 0 Å². The van der Waals surface area contributed by atoms with Crippen molar-refractivity contribution in [1.29, 1.82) is 0 Å². The van der Waals surface area contributed by atoms with Gasteiger partial charge in [0.1, 0.15) is 17.2 Å². The Morgan fingerprint density at radius 3 is 2.32 bits per heavy atom. The fourth-order valence-corrected chi connectivity index (χ4v) is 2.09. The van der Waals surface area contributed by atoms with Crippen molar-refractivity contribution < 1.29 is 27.8 Å². The molecule has 0 radical (unpaired) electrons. The maximum absolute atomic E-state index is 12.1. The number of carbonyl (C=O) groups is 1. The zero-order valence-electron chi connectivity index (χ0n) is 13.7. The third-order valence-electron chi connectivity index (χ3n) is 3.26. The fourth-order valence-electron chi connectivity index (χ4n) is 2.09. The molecule has 0 saturated carbocycles. The van der Waals surface area contributed by atoms with Crippen molar-refractivity contribution in [3.63, 3.8) is 0 Å². The van der Waals surface area contributed by atoms with Crippen molar-refractivity contribution in [2.75, 3.05) is 19.5 Å². The molecule has 2 aromatic rings. The Hall–Kier alpha value is -3.03. The van der Waals surface area contributed by atoms with Crippen molar-refractivity contribution in [3.05, 3.63) is 48.0 Å². The number of benzene rings is 2. The molecule has 0 aliphatic carbocycles. The first-order valence-corrected chi connectivity index (χ1v) is 7.32. The lowest BCUT2D eigenvalue weighted by Gasteiger charge is -2.12. The van der Waals surface area contributed by atoms with Gasteiger partial charge in [-0.25, -0.2) is 4.79 Å². The summed E-state index contributed by atoms with van der Waals surface area (Å²) in [7, 11) is 3.08. The zero-order chi connectivity index (χ0) is 18.2. The molecule has 0 bridgehead atoms. The highest BCUT2D eigenvalue weighted by atomic mass is 19.3. The Labute approximate surface area is 143 Å². The van der Waals surface area contributed by atoms with E-state index in [4.69, 9.17) is 9.47 Å². The van der Waals surface area contributed by atoms with Gasteiger partial charge in [0.15, 0.2) is 0 Å². The number of carbonyl (C=O) groups excluding carboxylic acids is 1. The smallest absolute Gasteiger partial charge is 0.387 e. The molecule has 2 amide bonds. The Balaban J connectivity index is 1.92. The minimum Gasteiger partial charge on any atom is -0.497 e. The average molecular weight is 352 g/mol. The topological polar surface area (TPSA) is 68.8 Å². The molecule has 0 aromatic heterocycles. The maximum Gasteiger partial charge on any atom is 0.387 e. The molecule has 0 aliphatic heterocycles. The van der Waals surface area contributed by atoms with E-state index in [0.717, 1.165) is 5.56 Å². The van der Waals surface area contributed by atoms with Crippen molar-refractivity contribution in [2.45, 2.75) is 13.2 Å². The first kappa shape index (κ1) is 18.3. The molecule has 0 atom stereocenters. The molecule has 2 rings (SSSR count). The molecule has 2 aromatic carbocycles. The SMILES string of the molecule is COc1ccc(OC)c(CNC(=O)Nc2ccc(OC(F)F)cc2)c1. The van der Waals surface area contributed by atoms with Gasteiger partial charge in [-0.1, -0.05) is 0 Å². The summed E-state index contributed by atoms with van der Waals surface area (Å²) in [6.07, 6.45) is 0. The molecule has 134 valence electrons. The van der Waals surface area contributed by atoms with Gasteiger partial charge >= 0.3 is 12.6 Å². The second-order valence-electron chi connectivity index (χ2n) is 4.89. The summed E-state index contributed by atoms with van der Waals surface area (Å²) in [6, 6.07) is 10.4. The maximum atomic E-state index is 12.1. The lowest BCUT2D eigenvalue weighted by atomic mass is 10.2. The van der Waals surface area contributed by atoms with E-state index >= 15 is 0 Å². The molecule has 8 heteroatoms. The third kappa shape index (κ3) is 5.52. The van der Waals surface area contributed by atoms with Crippen LogP contribution < -0.4 is 24.8 Å². The van der Waals surface area contributed by atoms with Crippen LogP contribution in [-0.4, -0.2) is 26.9 Å². The number of urea groups is 1. The minimum atomic E-state index is -2.89. The molecule has 0 fully saturated rings. The molecule has 0 saturated heterocycles. The number of nitrogens with one attached hydrogen (secondary N) is 2. The summed E-state index contributed by atoms with van der Waals surface area (Å²) in [5.41, 5.74) is 1.19. The van der Waals surface area contributed by atoms with Crippen LogP contribution in [0.15, 0.2) is 42.5 Å². The Morgan fingerprint density at radius 1 is 1.04 bits per heavy atom. The standard InChI is InChI=1S/C17H18F2N2O4/c1-23-14-7-8-15(24-2)11(9-14)10-20-17(22)21-12-3-5-13(6-4-12)25-16(18)19/h3-9,16H,10H2,1-2H3,(H2,20,21,22). The van der Waals surface area contributed by atoms with Crippen molar-refractivity contribution in [1.82, 2.24) is 5.32 Å². The summed E-state index contributed by atoms with van der Waals surface area (Å²) in [4.78, 5) is 12.0. The number of amides is 2. The van der Waals surface area contributed by atoms with E-state index in [0.29, 0.717) is 17.2 Å². The van der Waals surface area contributed by atoms with Crippen molar-refractivity contribution in [3.8, 4) is 17.2 Å². The average Bonchev–Trinajstić information content (AvgIpc) is 2.61. The van der Waals surface area contributed by atoms with Gasteiger partial charge in [-0.2, -0.15) is 8.78 Å². The van der Waals surface area contributed by atoms with E-state index in [-0.39, 0.29) is 12.3 Å². The summed E-state index contributed by atoms with van der Waals surface area (Å²) < 4.78 is 38.8. The van der Waals surface area contributed by atoms with Crippen molar-refractivity contribution >= 4 is 11.7 Å². The largest absolute Gasteiger partial charge is 0.497 e. The monoisotopic (exact) mass is 352 g/mol. The lowest BCUT2D eigenvalue weighted by molar-refractivity contribution is -0.0498. The number of ether oxygens (including phenoxy) is 3. The minimum absolute atomic E-state index is 0.0158. The summed E-state index contributed by atoms with van der Waals surface area (Å²) in [6.45, 7) is -2.67. The Bertz CT molecular complexity index is 708. The highest BCUT2D eigenvalue weighted by Crippen LogP contribution is 2.23. The van der Waals surface area contributed by atoms with Crippen LogP contribution in [0, 0.1) is 0 Å². The van der Waals surface area contributed by atoms with Gasteiger partial charge in [0.25, 0.3) is 0 Å². The van der Waals surface area contributed by atoms with Crippen LogP contribution in [0.4, 0.5) is 19.3 Å². The first-order chi connectivity index (χ1) is 12.0. The second kappa shape index (κ2) is 8.72. The molecule has 0 aliphatic rings.